The van der Waals surface area contributed by atoms with Gasteiger partial charge in [-0.1, -0.05) is 11.6 Å². The first-order valence-electron chi connectivity index (χ1n) is 3.67. The van der Waals surface area contributed by atoms with Crippen LogP contribution < -0.4 is 0 Å². The molecule has 0 bridgehead atoms. The number of pyridine rings is 1. The third-order valence-corrected chi connectivity index (χ3v) is 3.29. The first-order chi connectivity index (χ1) is 6.22. The molecule has 4 heteroatoms. The molecule has 0 amide bonds. The number of nitriles is 1. The zero-order chi connectivity index (χ0) is 9.42. The van der Waals surface area contributed by atoms with Crippen molar-refractivity contribution < 1.29 is 0 Å². The Morgan fingerprint density at radius 2 is 2.38 bits per heavy atom. The van der Waals surface area contributed by atoms with Gasteiger partial charge in [0.2, 0.25) is 0 Å². The van der Waals surface area contributed by atoms with Crippen LogP contribution in [-0.4, -0.2) is 4.98 Å². The fraction of sp³-hybridized carbons (Fsp3) is 0.111. The average molecular weight is 209 g/mol. The third kappa shape index (κ3) is 1.28. The lowest BCUT2D eigenvalue weighted by molar-refractivity contribution is 1.38. The molecule has 0 aliphatic carbocycles. The molecular weight excluding hydrogens is 204 g/mol. The largest absolute Gasteiger partial charge is 0.254 e. The molecule has 2 aromatic heterocycles. The Morgan fingerprint density at radius 1 is 1.62 bits per heavy atom. The Labute approximate surface area is 84.4 Å². The van der Waals surface area contributed by atoms with Crippen LogP contribution in [0.5, 0.6) is 0 Å². The van der Waals surface area contributed by atoms with Gasteiger partial charge in [0, 0.05) is 11.1 Å². The van der Waals surface area contributed by atoms with Gasteiger partial charge in [0.25, 0.3) is 0 Å². The summed E-state index contributed by atoms with van der Waals surface area (Å²) in [4.78, 5) is 5.29. The van der Waals surface area contributed by atoms with Crippen molar-refractivity contribution in [2.24, 2.45) is 0 Å². The highest BCUT2D eigenvalue weighted by molar-refractivity contribution is 7.19. The molecule has 0 spiro atoms. The first-order valence-corrected chi connectivity index (χ1v) is 4.86. The van der Waals surface area contributed by atoms with Gasteiger partial charge in [-0.25, -0.2) is 0 Å². The molecule has 2 nitrogen and oxygen atoms in total. The minimum atomic E-state index is 0.441. The first kappa shape index (κ1) is 8.49. The molecule has 0 N–H and O–H groups in total. The van der Waals surface area contributed by atoms with Crippen LogP contribution in [0, 0.1) is 18.3 Å². The summed E-state index contributed by atoms with van der Waals surface area (Å²) < 4.78 is 0.901. The number of fused-ring (bicyclic) bond motifs is 1. The van der Waals surface area contributed by atoms with E-state index in [-0.39, 0.29) is 0 Å². The Bertz CT molecular complexity index is 510. The number of hydrogen-bond donors (Lipinski definition) is 0. The Hall–Kier alpha value is -1.11. The monoisotopic (exact) mass is 208 g/mol. The highest BCUT2D eigenvalue weighted by Gasteiger charge is 2.08. The molecule has 2 rings (SSSR count). The molecule has 0 unspecified atom stereocenters. The molecule has 0 atom stereocenters. The molecule has 0 fully saturated rings. The predicted octanol–water partition coefficient (Wildman–Crippen LogP) is 3.13. The van der Waals surface area contributed by atoms with E-state index >= 15 is 0 Å². The van der Waals surface area contributed by atoms with E-state index in [2.05, 4.69) is 4.98 Å². The zero-order valence-electron chi connectivity index (χ0n) is 6.84. The second-order valence-electron chi connectivity index (χ2n) is 2.67. The summed E-state index contributed by atoms with van der Waals surface area (Å²) >= 11 is 7.57. The van der Waals surface area contributed by atoms with Crippen molar-refractivity contribution in [1.29, 1.82) is 5.26 Å². The van der Waals surface area contributed by atoms with Gasteiger partial charge in [-0.05, 0) is 13.0 Å². The maximum atomic E-state index is 8.71. The second-order valence-corrected chi connectivity index (χ2v) is 4.30. The summed E-state index contributed by atoms with van der Waals surface area (Å²) in [6.07, 6.45) is 1.51. The number of aryl methyl sites for hydroxylation is 1. The Balaban J connectivity index is 2.87. The summed E-state index contributed by atoms with van der Waals surface area (Å²) in [5.41, 5.74) is 1.31. The number of rotatable bonds is 0. The summed E-state index contributed by atoms with van der Waals surface area (Å²) in [6, 6.07) is 3.97. The van der Waals surface area contributed by atoms with Crippen LogP contribution in [0.1, 0.15) is 10.4 Å². The lowest BCUT2D eigenvalue weighted by Crippen LogP contribution is -1.79. The summed E-state index contributed by atoms with van der Waals surface area (Å²) in [5.74, 6) is 0. The van der Waals surface area contributed by atoms with Gasteiger partial charge in [0.15, 0.2) is 0 Å². The van der Waals surface area contributed by atoms with Crippen LogP contribution >= 0.6 is 22.9 Å². The average Bonchev–Trinajstić information content (AvgIpc) is 2.47. The fourth-order valence-corrected chi connectivity index (χ4v) is 2.36. The van der Waals surface area contributed by atoms with Crippen LogP contribution in [0.4, 0.5) is 0 Å². The molecular formula is C9H5ClN2S. The molecule has 64 valence electrons. The van der Waals surface area contributed by atoms with Crippen LogP contribution in [-0.2, 0) is 0 Å². The van der Waals surface area contributed by atoms with Crippen molar-refractivity contribution in [1.82, 2.24) is 4.98 Å². The predicted molar refractivity (Wildman–Crippen MR) is 54.1 cm³/mol. The van der Waals surface area contributed by atoms with E-state index < -0.39 is 0 Å². The van der Waals surface area contributed by atoms with Crippen molar-refractivity contribution in [3.8, 4) is 6.07 Å². The molecule has 0 radical (unpaired) electrons. The van der Waals surface area contributed by atoms with Crippen molar-refractivity contribution in [3.05, 3.63) is 27.7 Å². The van der Waals surface area contributed by atoms with Crippen LogP contribution in [0.15, 0.2) is 12.3 Å². The number of hydrogen-bond acceptors (Lipinski definition) is 3. The van der Waals surface area contributed by atoms with Crippen molar-refractivity contribution in [2.75, 3.05) is 0 Å². The Morgan fingerprint density at radius 3 is 3.08 bits per heavy atom. The quantitative estimate of drug-likeness (QED) is 0.667. The van der Waals surface area contributed by atoms with E-state index in [0.29, 0.717) is 10.6 Å². The normalized spacial score (nSPS) is 10.2. The second kappa shape index (κ2) is 2.99. The van der Waals surface area contributed by atoms with Gasteiger partial charge in [0.05, 0.1) is 20.8 Å². The standard InChI is InChI=1S/C9H5ClN2S/c1-5-2-7-9(13-5)8(10)6(3-11)4-12-7/h2,4H,1H3. The fourth-order valence-electron chi connectivity index (χ4n) is 1.14. The van der Waals surface area contributed by atoms with E-state index in [1.54, 1.807) is 11.3 Å². The van der Waals surface area contributed by atoms with Gasteiger partial charge in [0.1, 0.15) is 6.07 Å². The molecule has 0 aliphatic heterocycles. The topological polar surface area (TPSA) is 36.7 Å². The highest BCUT2D eigenvalue weighted by Crippen LogP contribution is 2.31. The molecule has 0 aromatic carbocycles. The zero-order valence-corrected chi connectivity index (χ0v) is 8.41. The van der Waals surface area contributed by atoms with Crippen LogP contribution in [0.3, 0.4) is 0 Å². The van der Waals surface area contributed by atoms with E-state index in [9.17, 15) is 0 Å². The van der Waals surface area contributed by atoms with Gasteiger partial charge in [-0.2, -0.15) is 5.26 Å². The van der Waals surface area contributed by atoms with Gasteiger partial charge >= 0.3 is 0 Å². The van der Waals surface area contributed by atoms with Crippen LogP contribution in [0.2, 0.25) is 5.02 Å². The minimum Gasteiger partial charge on any atom is -0.254 e. The lowest BCUT2D eigenvalue weighted by atomic mass is 10.3. The van der Waals surface area contributed by atoms with Crippen molar-refractivity contribution in [3.63, 3.8) is 0 Å². The Kier molecular flexibility index (Phi) is 1.95. The van der Waals surface area contributed by atoms with E-state index in [1.165, 1.54) is 6.20 Å². The van der Waals surface area contributed by atoms with Gasteiger partial charge in [-0.3, -0.25) is 4.98 Å². The summed E-state index contributed by atoms with van der Waals surface area (Å²) in [7, 11) is 0. The molecule has 0 saturated heterocycles. The molecule has 0 aliphatic rings. The maximum absolute atomic E-state index is 8.71. The highest BCUT2D eigenvalue weighted by atomic mass is 35.5. The SMILES string of the molecule is Cc1cc2ncc(C#N)c(Cl)c2s1. The number of nitrogens with zero attached hydrogens (tertiary/aromatic N) is 2. The van der Waals surface area contributed by atoms with Crippen LogP contribution in [0.25, 0.3) is 10.2 Å². The van der Waals surface area contributed by atoms with E-state index in [4.69, 9.17) is 16.9 Å². The molecule has 13 heavy (non-hydrogen) atoms. The van der Waals surface area contributed by atoms with Crippen molar-refractivity contribution in [2.45, 2.75) is 6.92 Å². The molecule has 2 aromatic rings. The summed E-state index contributed by atoms with van der Waals surface area (Å²) in [6.45, 7) is 1.99. The van der Waals surface area contributed by atoms with Gasteiger partial charge in [-0.15, -0.1) is 11.3 Å². The molecule has 2 heterocycles. The van der Waals surface area contributed by atoms with Crippen molar-refractivity contribution >= 4 is 33.2 Å². The number of thiophene rings is 1. The third-order valence-electron chi connectivity index (χ3n) is 1.72. The van der Waals surface area contributed by atoms with Gasteiger partial charge < -0.3 is 0 Å². The van der Waals surface area contributed by atoms with E-state index in [1.807, 2.05) is 19.1 Å². The number of halogens is 1. The smallest absolute Gasteiger partial charge is 0.102 e. The lowest BCUT2D eigenvalue weighted by Gasteiger charge is -1.93. The maximum Gasteiger partial charge on any atom is 0.102 e. The van der Waals surface area contributed by atoms with E-state index in [0.717, 1.165) is 15.1 Å². The number of aromatic nitrogens is 1. The molecule has 0 saturated carbocycles. The minimum absolute atomic E-state index is 0.441. The summed E-state index contributed by atoms with van der Waals surface area (Å²) in [5, 5.41) is 9.23.